The fourth-order valence-corrected chi connectivity index (χ4v) is 3.05. The lowest BCUT2D eigenvalue weighted by molar-refractivity contribution is -0.135. The van der Waals surface area contributed by atoms with Crippen molar-refractivity contribution in [2.75, 3.05) is 39.1 Å². The molecule has 0 unspecified atom stereocenters. The van der Waals surface area contributed by atoms with E-state index in [-0.39, 0.29) is 25.4 Å². The Morgan fingerprint density at radius 2 is 1.95 bits per heavy atom. The van der Waals surface area contributed by atoms with Gasteiger partial charge in [-0.05, 0) is 17.7 Å². The quantitative estimate of drug-likeness (QED) is 0.740. The molecule has 22 heavy (non-hydrogen) atoms. The second-order valence-corrected chi connectivity index (χ2v) is 7.18. The SMILES string of the molecule is CS(=O)(=O)N(CCC(=O)N1CCOCC1)Cc1ccncc1. The minimum Gasteiger partial charge on any atom is -0.378 e. The summed E-state index contributed by atoms with van der Waals surface area (Å²) in [7, 11) is -3.37. The van der Waals surface area contributed by atoms with E-state index in [1.54, 1.807) is 29.4 Å². The highest BCUT2D eigenvalue weighted by molar-refractivity contribution is 7.88. The number of nitrogens with zero attached hydrogens (tertiary/aromatic N) is 3. The third-order valence-corrected chi connectivity index (χ3v) is 4.77. The average Bonchev–Trinajstić information content (AvgIpc) is 2.52. The van der Waals surface area contributed by atoms with Crippen LogP contribution in [0.2, 0.25) is 0 Å². The Kier molecular flexibility index (Phi) is 5.87. The molecule has 1 saturated heterocycles. The highest BCUT2D eigenvalue weighted by Gasteiger charge is 2.21. The van der Waals surface area contributed by atoms with Crippen LogP contribution in [0.4, 0.5) is 0 Å². The van der Waals surface area contributed by atoms with Gasteiger partial charge < -0.3 is 9.64 Å². The van der Waals surface area contributed by atoms with Gasteiger partial charge in [-0.3, -0.25) is 9.78 Å². The number of hydrogen-bond donors (Lipinski definition) is 0. The van der Waals surface area contributed by atoms with Crippen molar-refractivity contribution in [1.29, 1.82) is 0 Å². The molecule has 1 amide bonds. The second kappa shape index (κ2) is 7.66. The molecule has 0 aliphatic carbocycles. The molecule has 8 heteroatoms. The van der Waals surface area contributed by atoms with Crippen molar-refractivity contribution in [3.63, 3.8) is 0 Å². The van der Waals surface area contributed by atoms with Gasteiger partial charge in [0.2, 0.25) is 15.9 Å². The van der Waals surface area contributed by atoms with E-state index in [0.717, 1.165) is 11.8 Å². The van der Waals surface area contributed by atoms with Crippen LogP contribution < -0.4 is 0 Å². The van der Waals surface area contributed by atoms with E-state index in [9.17, 15) is 13.2 Å². The first-order chi connectivity index (χ1) is 10.5. The third kappa shape index (κ3) is 5.04. The van der Waals surface area contributed by atoms with E-state index in [4.69, 9.17) is 4.74 Å². The molecule has 0 aromatic carbocycles. The van der Waals surface area contributed by atoms with Gasteiger partial charge in [-0.2, -0.15) is 4.31 Å². The summed E-state index contributed by atoms with van der Waals surface area (Å²) in [5.74, 6) is -0.0355. The van der Waals surface area contributed by atoms with Crippen LogP contribution in [0.5, 0.6) is 0 Å². The van der Waals surface area contributed by atoms with E-state index >= 15 is 0 Å². The van der Waals surface area contributed by atoms with Crippen LogP contribution >= 0.6 is 0 Å². The third-order valence-electron chi connectivity index (χ3n) is 3.52. The number of morpholine rings is 1. The van der Waals surface area contributed by atoms with Gasteiger partial charge in [-0.1, -0.05) is 0 Å². The fraction of sp³-hybridized carbons (Fsp3) is 0.571. The number of hydrogen-bond acceptors (Lipinski definition) is 5. The predicted octanol–water partition coefficient (Wildman–Crippen LogP) is 0.0921. The Bertz CT molecular complexity index is 585. The van der Waals surface area contributed by atoms with Crippen molar-refractivity contribution in [3.05, 3.63) is 30.1 Å². The largest absolute Gasteiger partial charge is 0.378 e. The number of pyridine rings is 1. The Morgan fingerprint density at radius 3 is 2.55 bits per heavy atom. The summed E-state index contributed by atoms with van der Waals surface area (Å²) in [6.45, 7) is 2.65. The Hall–Kier alpha value is -1.51. The predicted molar refractivity (Wildman–Crippen MR) is 81.5 cm³/mol. The summed E-state index contributed by atoms with van der Waals surface area (Å²) in [4.78, 5) is 17.7. The van der Waals surface area contributed by atoms with Crippen molar-refractivity contribution < 1.29 is 17.9 Å². The van der Waals surface area contributed by atoms with Crippen LogP contribution in [0.1, 0.15) is 12.0 Å². The molecular formula is C14H21N3O4S. The molecule has 0 bridgehead atoms. The summed E-state index contributed by atoms with van der Waals surface area (Å²) in [6, 6.07) is 3.53. The van der Waals surface area contributed by atoms with E-state index in [0.29, 0.717) is 26.3 Å². The minimum atomic E-state index is -3.37. The van der Waals surface area contributed by atoms with Crippen LogP contribution in [0.3, 0.4) is 0 Å². The minimum absolute atomic E-state index is 0.0355. The van der Waals surface area contributed by atoms with E-state index in [1.807, 2.05) is 0 Å². The molecule has 0 atom stereocenters. The van der Waals surface area contributed by atoms with Gasteiger partial charge in [0.1, 0.15) is 0 Å². The van der Waals surface area contributed by atoms with E-state index < -0.39 is 10.0 Å². The molecule has 122 valence electrons. The molecule has 0 radical (unpaired) electrons. The molecule has 2 rings (SSSR count). The lowest BCUT2D eigenvalue weighted by Crippen LogP contribution is -2.42. The van der Waals surface area contributed by atoms with Gasteiger partial charge >= 0.3 is 0 Å². The molecule has 1 aliphatic heterocycles. The smallest absolute Gasteiger partial charge is 0.224 e. The van der Waals surface area contributed by atoms with Crippen molar-refractivity contribution in [2.24, 2.45) is 0 Å². The molecule has 1 fully saturated rings. The van der Waals surface area contributed by atoms with Crippen molar-refractivity contribution in [2.45, 2.75) is 13.0 Å². The number of rotatable bonds is 6. The maximum Gasteiger partial charge on any atom is 0.224 e. The summed E-state index contributed by atoms with van der Waals surface area (Å²) in [5.41, 5.74) is 0.847. The van der Waals surface area contributed by atoms with Gasteiger partial charge in [0.25, 0.3) is 0 Å². The highest BCUT2D eigenvalue weighted by Crippen LogP contribution is 2.09. The fourth-order valence-electron chi connectivity index (χ4n) is 2.25. The lowest BCUT2D eigenvalue weighted by Gasteiger charge is -2.28. The Morgan fingerprint density at radius 1 is 1.32 bits per heavy atom. The molecule has 1 aromatic rings. The first kappa shape index (κ1) is 16.9. The molecule has 7 nitrogen and oxygen atoms in total. The number of carbonyl (C=O) groups is 1. The highest BCUT2D eigenvalue weighted by atomic mass is 32.2. The number of amides is 1. The first-order valence-corrected chi connectivity index (χ1v) is 9.01. The molecule has 2 heterocycles. The standard InChI is InChI=1S/C14H21N3O4S/c1-22(19,20)17(12-13-2-5-15-6-3-13)7-4-14(18)16-8-10-21-11-9-16/h2-3,5-6H,4,7-12H2,1H3. The first-order valence-electron chi connectivity index (χ1n) is 7.16. The lowest BCUT2D eigenvalue weighted by atomic mass is 10.2. The topological polar surface area (TPSA) is 79.8 Å². The number of aromatic nitrogens is 1. The summed E-state index contributed by atoms with van der Waals surface area (Å²) in [5, 5.41) is 0. The summed E-state index contributed by atoms with van der Waals surface area (Å²) < 4.78 is 30.3. The zero-order valence-corrected chi connectivity index (χ0v) is 13.5. The van der Waals surface area contributed by atoms with Gasteiger partial charge in [-0.25, -0.2) is 8.42 Å². The van der Waals surface area contributed by atoms with E-state index in [2.05, 4.69) is 4.98 Å². The van der Waals surface area contributed by atoms with Crippen LogP contribution in [-0.4, -0.2) is 67.6 Å². The van der Waals surface area contributed by atoms with E-state index in [1.165, 1.54) is 4.31 Å². The number of ether oxygens (including phenoxy) is 1. The maximum atomic E-state index is 12.1. The van der Waals surface area contributed by atoms with Gasteiger partial charge in [0, 0.05) is 45.0 Å². The summed E-state index contributed by atoms with van der Waals surface area (Å²) >= 11 is 0. The van der Waals surface area contributed by atoms with Crippen molar-refractivity contribution >= 4 is 15.9 Å². The van der Waals surface area contributed by atoms with Gasteiger partial charge in [0.05, 0.1) is 19.5 Å². The van der Waals surface area contributed by atoms with Gasteiger partial charge in [0.15, 0.2) is 0 Å². The van der Waals surface area contributed by atoms with Crippen molar-refractivity contribution in [1.82, 2.24) is 14.2 Å². The normalized spacial score (nSPS) is 16.0. The van der Waals surface area contributed by atoms with Crippen molar-refractivity contribution in [3.8, 4) is 0 Å². The van der Waals surface area contributed by atoms with Crippen LogP contribution in [0.25, 0.3) is 0 Å². The molecule has 0 saturated carbocycles. The average molecular weight is 327 g/mol. The number of sulfonamides is 1. The van der Waals surface area contributed by atoms with Crippen LogP contribution in [0, 0.1) is 0 Å². The summed E-state index contributed by atoms with van der Waals surface area (Å²) in [6.07, 6.45) is 4.58. The molecular weight excluding hydrogens is 306 g/mol. The molecule has 0 N–H and O–H groups in total. The zero-order chi connectivity index (χ0) is 16.0. The van der Waals surface area contributed by atoms with Crippen LogP contribution in [-0.2, 0) is 26.1 Å². The zero-order valence-electron chi connectivity index (χ0n) is 12.6. The molecule has 1 aromatic heterocycles. The maximum absolute atomic E-state index is 12.1. The Labute approximate surface area is 130 Å². The number of carbonyl (C=O) groups excluding carboxylic acids is 1. The monoisotopic (exact) mass is 327 g/mol. The second-order valence-electron chi connectivity index (χ2n) is 5.20. The molecule has 0 spiro atoms. The Balaban J connectivity index is 1.94. The molecule has 1 aliphatic rings. The van der Waals surface area contributed by atoms with Crippen LogP contribution in [0.15, 0.2) is 24.5 Å². The van der Waals surface area contributed by atoms with Gasteiger partial charge in [-0.15, -0.1) is 0 Å².